The topological polar surface area (TPSA) is 46.5 Å². The van der Waals surface area contributed by atoms with Gasteiger partial charge in [0.25, 0.3) is 0 Å². The second-order valence-electron chi connectivity index (χ2n) is 3.86. The fourth-order valence-electron chi connectivity index (χ4n) is 1.99. The number of ether oxygens (including phenoxy) is 1. The molecule has 0 radical (unpaired) electrons. The first-order valence-electron chi connectivity index (χ1n) is 5.12. The summed E-state index contributed by atoms with van der Waals surface area (Å²) in [6.07, 6.45) is 4.75. The maximum absolute atomic E-state index is 11.1. The molecule has 0 aliphatic heterocycles. The van der Waals surface area contributed by atoms with Gasteiger partial charge in [-0.3, -0.25) is 0 Å². The minimum atomic E-state index is -0.720. The van der Waals surface area contributed by atoms with Crippen LogP contribution >= 0.6 is 0 Å². The first-order valence-corrected chi connectivity index (χ1v) is 5.12. The molecule has 1 aliphatic carbocycles. The molecule has 0 heterocycles. The Morgan fingerprint density at radius 3 is 2.50 bits per heavy atom. The predicted octanol–water partition coefficient (Wildman–Crippen LogP) is 1.66. The number of methoxy groups -OCH3 is 1. The maximum Gasteiger partial charge on any atom is 0.335 e. The van der Waals surface area contributed by atoms with E-state index in [1.165, 1.54) is 13.5 Å². The van der Waals surface area contributed by atoms with Gasteiger partial charge >= 0.3 is 5.97 Å². The van der Waals surface area contributed by atoms with Gasteiger partial charge in [0, 0.05) is 0 Å². The Morgan fingerprint density at radius 1 is 1.43 bits per heavy atom. The number of hydrogen-bond donors (Lipinski definition) is 1. The predicted molar refractivity (Wildman–Crippen MR) is 53.7 cm³/mol. The normalized spacial score (nSPS) is 20.1. The van der Waals surface area contributed by atoms with Crippen molar-refractivity contribution in [1.29, 1.82) is 0 Å². The molecule has 0 saturated heterocycles. The minimum Gasteiger partial charge on any atom is -0.466 e. The van der Waals surface area contributed by atoms with E-state index in [0.29, 0.717) is 0 Å². The van der Waals surface area contributed by atoms with Crippen LogP contribution in [0.15, 0.2) is 12.2 Å². The molecule has 1 N–H and O–H groups in total. The molecule has 0 spiro atoms. The highest BCUT2D eigenvalue weighted by atomic mass is 16.5. The first-order chi connectivity index (χ1) is 6.66. The lowest BCUT2D eigenvalue weighted by Crippen LogP contribution is -2.28. The van der Waals surface area contributed by atoms with Crippen molar-refractivity contribution in [3.05, 3.63) is 12.2 Å². The Kier molecular flexibility index (Phi) is 4.14. The second kappa shape index (κ2) is 5.15. The first kappa shape index (κ1) is 11.2. The van der Waals surface area contributed by atoms with E-state index in [0.717, 1.165) is 25.7 Å². The average Bonchev–Trinajstić information content (AvgIpc) is 2.27. The van der Waals surface area contributed by atoms with Gasteiger partial charge in [-0.1, -0.05) is 25.8 Å². The Morgan fingerprint density at radius 2 is 2.00 bits per heavy atom. The molecule has 0 amide bonds. The van der Waals surface area contributed by atoms with Crippen LogP contribution < -0.4 is 0 Å². The summed E-state index contributed by atoms with van der Waals surface area (Å²) in [4.78, 5) is 11.1. The summed E-state index contributed by atoms with van der Waals surface area (Å²) in [6, 6.07) is 0. The van der Waals surface area contributed by atoms with Crippen LogP contribution in [0.3, 0.4) is 0 Å². The fourth-order valence-corrected chi connectivity index (χ4v) is 1.99. The third kappa shape index (κ3) is 2.58. The monoisotopic (exact) mass is 198 g/mol. The second-order valence-corrected chi connectivity index (χ2v) is 3.86. The summed E-state index contributed by atoms with van der Waals surface area (Å²) in [5.74, 6) is -0.307. The number of hydrogen-bond acceptors (Lipinski definition) is 3. The molecule has 0 unspecified atom stereocenters. The van der Waals surface area contributed by atoms with E-state index in [-0.39, 0.29) is 11.5 Å². The molecule has 1 fully saturated rings. The van der Waals surface area contributed by atoms with Crippen LogP contribution in [0, 0.1) is 5.92 Å². The zero-order chi connectivity index (χ0) is 10.6. The molecular formula is C11H18O3. The van der Waals surface area contributed by atoms with E-state index in [4.69, 9.17) is 0 Å². The molecule has 1 atom stereocenters. The molecule has 80 valence electrons. The van der Waals surface area contributed by atoms with Crippen LogP contribution in [0.1, 0.15) is 32.1 Å². The van der Waals surface area contributed by atoms with E-state index in [9.17, 15) is 9.90 Å². The Labute approximate surface area is 84.8 Å². The van der Waals surface area contributed by atoms with Gasteiger partial charge in [-0.05, 0) is 18.8 Å². The summed E-state index contributed by atoms with van der Waals surface area (Å²) in [7, 11) is 1.31. The number of aliphatic hydroxyl groups excluding tert-OH is 1. The van der Waals surface area contributed by atoms with Crippen molar-refractivity contribution in [2.75, 3.05) is 7.11 Å². The third-order valence-electron chi connectivity index (χ3n) is 2.90. The molecule has 0 bridgehead atoms. The van der Waals surface area contributed by atoms with E-state index < -0.39 is 12.1 Å². The molecule has 3 heteroatoms. The highest BCUT2D eigenvalue weighted by Crippen LogP contribution is 2.29. The maximum atomic E-state index is 11.1. The van der Waals surface area contributed by atoms with Crippen LogP contribution in [0.2, 0.25) is 0 Å². The van der Waals surface area contributed by atoms with Gasteiger partial charge in [-0.15, -0.1) is 0 Å². The van der Waals surface area contributed by atoms with Crippen molar-refractivity contribution in [2.45, 2.75) is 38.2 Å². The van der Waals surface area contributed by atoms with Gasteiger partial charge in [-0.2, -0.15) is 0 Å². The van der Waals surface area contributed by atoms with Crippen molar-refractivity contribution >= 4 is 5.97 Å². The molecule has 14 heavy (non-hydrogen) atoms. The zero-order valence-corrected chi connectivity index (χ0v) is 8.66. The molecule has 0 aromatic rings. The SMILES string of the molecule is C=C(C(=O)OC)[C@H](O)C1CCCCC1. The quantitative estimate of drug-likeness (QED) is 0.554. The highest BCUT2D eigenvalue weighted by Gasteiger charge is 2.27. The number of carbonyl (C=O) groups is 1. The molecule has 0 aromatic carbocycles. The Balaban J connectivity index is 2.50. The van der Waals surface area contributed by atoms with Gasteiger partial charge in [-0.25, -0.2) is 4.79 Å². The standard InChI is InChI=1S/C11H18O3/c1-8(11(13)14-2)10(12)9-6-4-3-5-7-9/h9-10,12H,1,3-7H2,2H3/t10-/m0/s1. The van der Waals surface area contributed by atoms with Crippen molar-refractivity contribution in [3.63, 3.8) is 0 Å². The van der Waals surface area contributed by atoms with E-state index >= 15 is 0 Å². The van der Waals surface area contributed by atoms with Crippen LogP contribution in [0.4, 0.5) is 0 Å². The number of carbonyl (C=O) groups excluding carboxylic acids is 1. The summed E-state index contributed by atoms with van der Waals surface area (Å²) in [6.45, 7) is 3.58. The average molecular weight is 198 g/mol. The van der Waals surface area contributed by atoms with Gasteiger partial charge in [0.2, 0.25) is 0 Å². The largest absolute Gasteiger partial charge is 0.466 e. The molecule has 1 rings (SSSR count). The third-order valence-corrected chi connectivity index (χ3v) is 2.90. The molecule has 1 aliphatic rings. The molecule has 3 nitrogen and oxygen atoms in total. The molecule has 1 saturated carbocycles. The number of aliphatic hydroxyl groups is 1. The summed E-state index contributed by atoms with van der Waals surface area (Å²) < 4.78 is 4.53. The molecular weight excluding hydrogens is 180 g/mol. The lowest BCUT2D eigenvalue weighted by atomic mass is 9.83. The summed E-state index contributed by atoms with van der Waals surface area (Å²) >= 11 is 0. The molecule has 0 aromatic heterocycles. The van der Waals surface area contributed by atoms with Crippen molar-refractivity contribution < 1.29 is 14.6 Å². The lowest BCUT2D eigenvalue weighted by molar-refractivity contribution is -0.137. The van der Waals surface area contributed by atoms with Crippen molar-refractivity contribution in [1.82, 2.24) is 0 Å². The Hall–Kier alpha value is -0.830. The van der Waals surface area contributed by atoms with Crippen LogP contribution in [0.5, 0.6) is 0 Å². The summed E-state index contributed by atoms with van der Waals surface area (Å²) in [5.41, 5.74) is 0.194. The van der Waals surface area contributed by atoms with Gasteiger partial charge in [0.15, 0.2) is 0 Å². The van der Waals surface area contributed by atoms with Gasteiger partial charge in [0.1, 0.15) is 0 Å². The van der Waals surface area contributed by atoms with E-state index in [1.54, 1.807) is 0 Å². The van der Waals surface area contributed by atoms with Gasteiger partial charge < -0.3 is 9.84 Å². The van der Waals surface area contributed by atoms with Crippen LogP contribution in [-0.2, 0) is 9.53 Å². The van der Waals surface area contributed by atoms with Gasteiger partial charge in [0.05, 0.1) is 18.8 Å². The number of rotatable bonds is 3. The van der Waals surface area contributed by atoms with Crippen molar-refractivity contribution in [2.24, 2.45) is 5.92 Å². The summed E-state index contributed by atoms with van der Waals surface area (Å²) in [5, 5.41) is 9.84. The number of esters is 1. The van der Waals surface area contributed by atoms with Crippen molar-refractivity contribution in [3.8, 4) is 0 Å². The lowest BCUT2D eigenvalue weighted by Gasteiger charge is -2.26. The minimum absolute atomic E-state index is 0.190. The van der Waals surface area contributed by atoms with E-state index in [2.05, 4.69) is 11.3 Å². The fraction of sp³-hybridized carbons (Fsp3) is 0.727. The smallest absolute Gasteiger partial charge is 0.335 e. The van der Waals surface area contributed by atoms with E-state index in [1.807, 2.05) is 0 Å². The zero-order valence-electron chi connectivity index (χ0n) is 8.66. The van der Waals surface area contributed by atoms with Crippen LogP contribution in [0.25, 0.3) is 0 Å². The Bertz CT molecular complexity index is 217. The highest BCUT2D eigenvalue weighted by molar-refractivity contribution is 5.88. The van der Waals surface area contributed by atoms with Crippen LogP contribution in [-0.4, -0.2) is 24.3 Å².